The zero-order valence-electron chi connectivity index (χ0n) is 13.0. The Morgan fingerprint density at radius 3 is 2.62 bits per heavy atom. The summed E-state index contributed by atoms with van der Waals surface area (Å²) in [5.41, 5.74) is 1.54. The Kier molecular flexibility index (Phi) is 5.20. The van der Waals surface area contributed by atoms with Gasteiger partial charge in [-0.25, -0.2) is 0 Å². The number of hydrogen-bond acceptors (Lipinski definition) is 3. The van der Waals surface area contributed by atoms with Crippen molar-refractivity contribution in [1.82, 2.24) is 0 Å². The smallest absolute Gasteiger partial charge is 0.309 e. The fraction of sp³-hybridized carbons (Fsp3) is 0.588. The highest BCUT2D eigenvalue weighted by atomic mass is 32.2. The van der Waals surface area contributed by atoms with E-state index in [0.29, 0.717) is 12.3 Å². The Bertz CT molecular complexity index is 505. The standard InChI is InChI=1S/C17H24O3S/c1-17(2,16(18)19)11-14-10-13(4-5-15(14)20-3)12-6-8-21-9-7-12/h4-5,10,12H,6-9,11H2,1-3H3,(H,18,19). The van der Waals surface area contributed by atoms with E-state index in [1.54, 1.807) is 21.0 Å². The number of carbonyl (C=O) groups is 1. The molecular formula is C17H24O3S. The number of hydrogen-bond donors (Lipinski definition) is 1. The highest BCUT2D eigenvalue weighted by molar-refractivity contribution is 7.99. The number of carboxylic acids is 1. The van der Waals surface area contributed by atoms with Gasteiger partial charge in [0.2, 0.25) is 0 Å². The molecule has 2 rings (SSSR count). The second-order valence-electron chi connectivity index (χ2n) is 6.32. The molecule has 3 nitrogen and oxygen atoms in total. The summed E-state index contributed by atoms with van der Waals surface area (Å²) in [6, 6.07) is 6.28. The maximum Gasteiger partial charge on any atom is 0.309 e. The van der Waals surface area contributed by atoms with Gasteiger partial charge in [-0.2, -0.15) is 11.8 Å². The van der Waals surface area contributed by atoms with Gasteiger partial charge in [0.1, 0.15) is 5.75 Å². The fourth-order valence-electron chi connectivity index (χ4n) is 2.77. The summed E-state index contributed by atoms with van der Waals surface area (Å²) in [6.45, 7) is 3.53. The molecule has 4 heteroatoms. The molecule has 1 aromatic carbocycles. The van der Waals surface area contributed by atoms with Gasteiger partial charge in [0.05, 0.1) is 12.5 Å². The van der Waals surface area contributed by atoms with Gasteiger partial charge in [-0.15, -0.1) is 0 Å². The van der Waals surface area contributed by atoms with Crippen LogP contribution in [0, 0.1) is 5.41 Å². The van der Waals surface area contributed by atoms with E-state index in [-0.39, 0.29) is 0 Å². The maximum atomic E-state index is 11.4. The highest BCUT2D eigenvalue weighted by Gasteiger charge is 2.29. The number of rotatable bonds is 5. The SMILES string of the molecule is COc1ccc(C2CCSCC2)cc1CC(C)(C)C(=O)O. The number of aliphatic carboxylic acids is 1. The van der Waals surface area contributed by atoms with Crippen LogP contribution in [0.15, 0.2) is 18.2 Å². The van der Waals surface area contributed by atoms with Crippen LogP contribution in [0.2, 0.25) is 0 Å². The first kappa shape index (κ1) is 16.2. The molecule has 1 saturated heterocycles. The normalized spacial score (nSPS) is 16.7. The molecule has 1 fully saturated rings. The second kappa shape index (κ2) is 6.73. The Morgan fingerprint density at radius 1 is 1.38 bits per heavy atom. The van der Waals surface area contributed by atoms with E-state index < -0.39 is 11.4 Å². The Morgan fingerprint density at radius 2 is 2.05 bits per heavy atom. The molecule has 1 aliphatic rings. The summed E-state index contributed by atoms with van der Waals surface area (Å²) < 4.78 is 5.42. The van der Waals surface area contributed by atoms with Crippen molar-refractivity contribution < 1.29 is 14.6 Å². The van der Waals surface area contributed by atoms with E-state index >= 15 is 0 Å². The minimum Gasteiger partial charge on any atom is -0.496 e. The molecule has 1 aliphatic heterocycles. The zero-order valence-corrected chi connectivity index (χ0v) is 13.8. The van der Waals surface area contributed by atoms with Crippen molar-refractivity contribution >= 4 is 17.7 Å². The molecule has 0 atom stereocenters. The topological polar surface area (TPSA) is 46.5 Å². The number of thioether (sulfide) groups is 1. The van der Waals surface area contributed by atoms with Crippen LogP contribution in [0.3, 0.4) is 0 Å². The van der Waals surface area contributed by atoms with Crippen molar-refractivity contribution in [1.29, 1.82) is 0 Å². The first-order chi connectivity index (χ1) is 9.94. The van der Waals surface area contributed by atoms with Crippen LogP contribution >= 0.6 is 11.8 Å². The molecule has 0 radical (unpaired) electrons. The molecule has 1 heterocycles. The molecule has 0 saturated carbocycles. The summed E-state index contributed by atoms with van der Waals surface area (Å²) in [5.74, 6) is 3.05. The summed E-state index contributed by atoms with van der Waals surface area (Å²) in [5, 5.41) is 9.34. The number of carboxylic acid groups (broad SMARTS) is 1. The van der Waals surface area contributed by atoms with Gasteiger partial charge >= 0.3 is 5.97 Å². The van der Waals surface area contributed by atoms with Crippen molar-refractivity contribution in [3.63, 3.8) is 0 Å². The van der Waals surface area contributed by atoms with Crippen LogP contribution in [0.4, 0.5) is 0 Å². The lowest BCUT2D eigenvalue weighted by molar-refractivity contribution is -0.146. The predicted octanol–water partition coefficient (Wildman–Crippen LogP) is 3.96. The highest BCUT2D eigenvalue weighted by Crippen LogP contribution is 2.35. The minimum atomic E-state index is -0.783. The molecule has 1 N–H and O–H groups in total. The Hall–Kier alpha value is -1.16. The van der Waals surface area contributed by atoms with Crippen molar-refractivity contribution in [2.75, 3.05) is 18.6 Å². The summed E-state index contributed by atoms with van der Waals surface area (Å²) in [4.78, 5) is 11.4. The monoisotopic (exact) mass is 308 g/mol. The number of ether oxygens (including phenoxy) is 1. The van der Waals surface area contributed by atoms with Crippen molar-refractivity contribution in [2.24, 2.45) is 5.41 Å². The molecule has 0 unspecified atom stereocenters. The molecule has 0 bridgehead atoms. The zero-order chi connectivity index (χ0) is 15.5. The van der Waals surface area contributed by atoms with Crippen LogP contribution in [0.25, 0.3) is 0 Å². The minimum absolute atomic E-state index is 0.487. The summed E-state index contributed by atoms with van der Waals surface area (Å²) in [7, 11) is 1.64. The van der Waals surface area contributed by atoms with Crippen LogP contribution < -0.4 is 4.74 Å². The van der Waals surface area contributed by atoms with Gasteiger partial charge in [-0.3, -0.25) is 4.79 Å². The van der Waals surface area contributed by atoms with Crippen LogP contribution in [-0.2, 0) is 11.2 Å². The molecule has 116 valence electrons. The molecule has 21 heavy (non-hydrogen) atoms. The molecule has 0 aromatic heterocycles. The average Bonchev–Trinajstić information content (AvgIpc) is 2.47. The first-order valence-corrected chi connectivity index (χ1v) is 8.57. The third kappa shape index (κ3) is 3.94. The molecule has 0 aliphatic carbocycles. The average molecular weight is 308 g/mol. The quantitative estimate of drug-likeness (QED) is 0.894. The van der Waals surface area contributed by atoms with E-state index in [1.165, 1.54) is 29.9 Å². The summed E-state index contributed by atoms with van der Waals surface area (Å²) in [6.07, 6.45) is 2.90. The van der Waals surface area contributed by atoms with E-state index in [9.17, 15) is 9.90 Å². The Balaban J connectivity index is 2.27. The Labute approximate surface area is 131 Å². The van der Waals surface area contributed by atoms with E-state index in [0.717, 1.165) is 11.3 Å². The summed E-state index contributed by atoms with van der Waals surface area (Å²) >= 11 is 2.02. The van der Waals surface area contributed by atoms with E-state index in [4.69, 9.17) is 4.74 Å². The third-order valence-electron chi connectivity index (χ3n) is 4.21. The second-order valence-corrected chi connectivity index (χ2v) is 7.55. The number of benzene rings is 1. The molecule has 0 amide bonds. The fourth-order valence-corrected chi connectivity index (χ4v) is 3.88. The van der Waals surface area contributed by atoms with Crippen molar-refractivity contribution in [2.45, 2.75) is 39.0 Å². The number of methoxy groups -OCH3 is 1. The van der Waals surface area contributed by atoms with Gasteiger partial charge in [-0.1, -0.05) is 12.1 Å². The largest absolute Gasteiger partial charge is 0.496 e. The van der Waals surface area contributed by atoms with Crippen LogP contribution in [0.5, 0.6) is 5.75 Å². The van der Waals surface area contributed by atoms with E-state index in [2.05, 4.69) is 12.1 Å². The lowest BCUT2D eigenvalue weighted by Crippen LogP contribution is -2.26. The molecule has 0 spiro atoms. The first-order valence-electron chi connectivity index (χ1n) is 7.42. The van der Waals surface area contributed by atoms with Gasteiger partial charge in [0.25, 0.3) is 0 Å². The molecule has 1 aromatic rings. The lowest BCUT2D eigenvalue weighted by Gasteiger charge is -2.25. The third-order valence-corrected chi connectivity index (χ3v) is 5.26. The van der Waals surface area contributed by atoms with Crippen molar-refractivity contribution in [3.8, 4) is 5.75 Å². The van der Waals surface area contributed by atoms with Crippen LogP contribution in [-0.4, -0.2) is 29.7 Å². The lowest BCUT2D eigenvalue weighted by atomic mass is 9.83. The maximum absolute atomic E-state index is 11.4. The van der Waals surface area contributed by atoms with Gasteiger partial charge in [-0.05, 0) is 67.7 Å². The van der Waals surface area contributed by atoms with Crippen molar-refractivity contribution in [3.05, 3.63) is 29.3 Å². The van der Waals surface area contributed by atoms with E-state index in [1.807, 2.05) is 17.8 Å². The predicted molar refractivity (Wildman–Crippen MR) is 87.4 cm³/mol. The van der Waals surface area contributed by atoms with Gasteiger partial charge < -0.3 is 9.84 Å². The van der Waals surface area contributed by atoms with Crippen LogP contribution in [0.1, 0.15) is 43.7 Å². The molecular weight excluding hydrogens is 284 g/mol. The van der Waals surface area contributed by atoms with Gasteiger partial charge in [0, 0.05) is 0 Å². The van der Waals surface area contributed by atoms with Gasteiger partial charge in [0.15, 0.2) is 0 Å².